The molecule has 0 spiro atoms. The minimum Gasteiger partial charge on any atom is -0.371 e. The largest absolute Gasteiger partial charge is 0.371 e. The summed E-state index contributed by atoms with van der Waals surface area (Å²) >= 11 is 7.46. The average Bonchev–Trinajstić information content (AvgIpc) is 2.31. The van der Waals surface area contributed by atoms with Gasteiger partial charge in [-0.15, -0.1) is 11.8 Å². The Morgan fingerprint density at radius 3 is 2.76 bits per heavy atom. The molecular formula is C12H16ClNO2S. The van der Waals surface area contributed by atoms with Gasteiger partial charge in [-0.05, 0) is 30.7 Å². The minimum absolute atomic E-state index is 0.205. The van der Waals surface area contributed by atoms with Crippen molar-refractivity contribution >= 4 is 29.3 Å². The molecule has 0 unspecified atom stereocenters. The normalized spacial score (nSPS) is 10.2. The van der Waals surface area contributed by atoms with Gasteiger partial charge in [0.05, 0.1) is 0 Å². The van der Waals surface area contributed by atoms with E-state index in [9.17, 15) is 4.79 Å². The van der Waals surface area contributed by atoms with Crippen molar-refractivity contribution in [2.24, 2.45) is 0 Å². The number of hydrogen-bond acceptors (Lipinski definition) is 4. The smallest absolute Gasteiger partial charge is 0.324 e. The zero-order valence-corrected chi connectivity index (χ0v) is 11.3. The zero-order chi connectivity index (χ0) is 12.5. The fourth-order valence-corrected chi connectivity index (χ4v) is 2.00. The quantitative estimate of drug-likeness (QED) is 0.470. The maximum Gasteiger partial charge on any atom is 0.324 e. The topological polar surface area (TPSA) is 38.3 Å². The first-order valence-corrected chi connectivity index (χ1v) is 6.89. The summed E-state index contributed by atoms with van der Waals surface area (Å²) in [6.45, 7) is 2.57. The van der Waals surface area contributed by atoms with Crippen LogP contribution in [0.2, 0.25) is 5.02 Å². The Balaban J connectivity index is 2.08. The number of nitrogens with one attached hydrogen (secondary N) is 1. The van der Waals surface area contributed by atoms with E-state index < -0.39 is 0 Å². The van der Waals surface area contributed by atoms with E-state index in [2.05, 4.69) is 5.48 Å². The van der Waals surface area contributed by atoms with Gasteiger partial charge >= 0.3 is 5.97 Å². The van der Waals surface area contributed by atoms with Crippen LogP contribution in [0.5, 0.6) is 0 Å². The van der Waals surface area contributed by atoms with Crippen LogP contribution in [0, 0.1) is 0 Å². The van der Waals surface area contributed by atoms with Gasteiger partial charge in [-0.2, -0.15) is 5.48 Å². The monoisotopic (exact) mass is 273 g/mol. The average molecular weight is 274 g/mol. The fraction of sp³-hybridized carbons (Fsp3) is 0.417. The summed E-state index contributed by atoms with van der Waals surface area (Å²) in [5, 5.41) is 0.737. The fourth-order valence-electron chi connectivity index (χ4n) is 1.13. The molecule has 0 aromatic heterocycles. The number of hydrogen-bond donors (Lipinski definition) is 1. The van der Waals surface area contributed by atoms with E-state index in [4.69, 9.17) is 16.4 Å². The number of benzene rings is 1. The van der Waals surface area contributed by atoms with Gasteiger partial charge < -0.3 is 4.84 Å². The van der Waals surface area contributed by atoms with Crippen molar-refractivity contribution in [3.05, 3.63) is 29.3 Å². The molecule has 0 fully saturated rings. The van der Waals surface area contributed by atoms with Crippen molar-refractivity contribution in [3.8, 4) is 0 Å². The van der Waals surface area contributed by atoms with Crippen molar-refractivity contribution in [2.45, 2.75) is 24.7 Å². The van der Waals surface area contributed by atoms with Crippen LogP contribution >= 0.6 is 23.4 Å². The highest BCUT2D eigenvalue weighted by molar-refractivity contribution is 7.99. The summed E-state index contributed by atoms with van der Waals surface area (Å²) < 4.78 is 0. The third-order valence-corrected chi connectivity index (χ3v) is 3.19. The molecule has 0 radical (unpaired) electrons. The first-order chi connectivity index (χ1) is 8.22. The molecule has 0 atom stereocenters. The number of thioether (sulfide) groups is 1. The molecule has 17 heavy (non-hydrogen) atoms. The predicted octanol–water partition coefficient (Wildman–Crippen LogP) is 3.28. The second-order valence-corrected chi connectivity index (χ2v) is 5.03. The molecular weight excluding hydrogens is 258 g/mol. The lowest BCUT2D eigenvalue weighted by molar-refractivity contribution is -0.150. The second-order valence-electron chi connectivity index (χ2n) is 3.42. The summed E-state index contributed by atoms with van der Waals surface area (Å²) in [4.78, 5) is 17.0. The maximum absolute atomic E-state index is 11.0. The van der Waals surface area contributed by atoms with E-state index in [0.29, 0.717) is 13.0 Å². The zero-order valence-electron chi connectivity index (χ0n) is 9.74. The SMILES string of the molecule is CCCC(=O)ONCCSc1ccc(Cl)cc1. The molecule has 1 aromatic carbocycles. The molecule has 94 valence electrons. The van der Waals surface area contributed by atoms with Crippen LogP contribution < -0.4 is 5.48 Å². The van der Waals surface area contributed by atoms with Crippen LogP contribution in [-0.2, 0) is 9.63 Å². The Morgan fingerprint density at radius 1 is 1.41 bits per heavy atom. The molecule has 1 rings (SSSR count). The Morgan fingerprint density at radius 2 is 2.12 bits per heavy atom. The number of rotatable bonds is 7. The van der Waals surface area contributed by atoms with Gasteiger partial charge in [0.15, 0.2) is 0 Å². The number of carbonyl (C=O) groups is 1. The van der Waals surface area contributed by atoms with Crippen molar-refractivity contribution in [1.29, 1.82) is 0 Å². The molecule has 3 nitrogen and oxygen atoms in total. The molecule has 1 aromatic rings. The van der Waals surface area contributed by atoms with Gasteiger partial charge in [-0.1, -0.05) is 18.5 Å². The van der Waals surface area contributed by atoms with Gasteiger partial charge in [-0.25, -0.2) is 0 Å². The van der Waals surface area contributed by atoms with E-state index in [-0.39, 0.29) is 5.97 Å². The lowest BCUT2D eigenvalue weighted by atomic mass is 10.3. The van der Waals surface area contributed by atoms with Gasteiger partial charge in [0.1, 0.15) is 0 Å². The lowest BCUT2D eigenvalue weighted by Crippen LogP contribution is -2.22. The molecule has 0 bridgehead atoms. The summed E-state index contributed by atoms with van der Waals surface area (Å²) in [6, 6.07) is 7.66. The molecule has 0 saturated heterocycles. The van der Waals surface area contributed by atoms with E-state index in [1.807, 2.05) is 31.2 Å². The van der Waals surface area contributed by atoms with E-state index >= 15 is 0 Å². The highest BCUT2D eigenvalue weighted by Gasteiger charge is 2.00. The molecule has 5 heteroatoms. The molecule has 0 aliphatic rings. The Labute approximate surface area is 111 Å². The number of carbonyl (C=O) groups excluding carboxylic acids is 1. The number of halogens is 1. The van der Waals surface area contributed by atoms with Crippen LogP contribution in [0.4, 0.5) is 0 Å². The lowest BCUT2D eigenvalue weighted by Gasteiger charge is -2.05. The third-order valence-electron chi connectivity index (χ3n) is 1.93. The van der Waals surface area contributed by atoms with Crippen LogP contribution in [-0.4, -0.2) is 18.3 Å². The third kappa shape index (κ3) is 6.56. The van der Waals surface area contributed by atoms with Gasteiger partial charge in [0.2, 0.25) is 0 Å². The van der Waals surface area contributed by atoms with E-state index in [1.165, 1.54) is 0 Å². The van der Waals surface area contributed by atoms with Gasteiger partial charge in [0, 0.05) is 28.6 Å². The molecule has 0 aliphatic carbocycles. The van der Waals surface area contributed by atoms with E-state index in [0.717, 1.165) is 22.1 Å². The standard InChI is InChI=1S/C12H16ClNO2S/c1-2-3-12(15)16-14-8-9-17-11-6-4-10(13)5-7-11/h4-7,14H,2-3,8-9H2,1H3. The van der Waals surface area contributed by atoms with Crippen molar-refractivity contribution in [3.63, 3.8) is 0 Å². The maximum atomic E-state index is 11.0. The van der Waals surface area contributed by atoms with Crippen LogP contribution in [0.15, 0.2) is 29.2 Å². The summed E-state index contributed by atoms with van der Waals surface area (Å²) in [5.74, 6) is 0.630. The van der Waals surface area contributed by atoms with Crippen molar-refractivity contribution < 1.29 is 9.63 Å². The van der Waals surface area contributed by atoms with Crippen LogP contribution in [0.25, 0.3) is 0 Å². The molecule has 0 saturated carbocycles. The molecule has 0 aliphatic heterocycles. The van der Waals surface area contributed by atoms with Crippen molar-refractivity contribution in [2.75, 3.05) is 12.3 Å². The second kappa shape index (κ2) is 8.39. The van der Waals surface area contributed by atoms with Crippen LogP contribution in [0.3, 0.4) is 0 Å². The first kappa shape index (κ1) is 14.4. The highest BCUT2D eigenvalue weighted by atomic mass is 35.5. The molecule has 0 heterocycles. The predicted molar refractivity (Wildman–Crippen MR) is 71.2 cm³/mol. The van der Waals surface area contributed by atoms with Gasteiger partial charge in [-0.3, -0.25) is 4.79 Å². The van der Waals surface area contributed by atoms with Crippen LogP contribution in [0.1, 0.15) is 19.8 Å². The molecule has 0 amide bonds. The minimum atomic E-state index is -0.205. The molecule has 1 N–H and O–H groups in total. The summed E-state index contributed by atoms with van der Waals surface area (Å²) in [5.41, 5.74) is 2.66. The van der Waals surface area contributed by atoms with Gasteiger partial charge in [0.25, 0.3) is 0 Å². The Hall–Kier alpha value is -0.710. The highest BCUT2D eigenvalue weighted by Crippen LogP contribution is 2.19. The Kier molecular flexibility index (Phi) is 7.08. The Bertz CT molecular complexity index is 343. The first-order valence-electron chi connectivity index (χ1n) is 5.53. The summed E-state index contributed by atoms with van der Waals surface area (Å²) in [6.07, 6.45) is 1.26. The van der Waals surface area contributed by atoms with E-state index in [1.54, 1.807) is 11.8 Å². The summed E-state index contributed by atoms with van der Waals surface area (Å²) in [7, 11) is 0. The number of hydroxylamine groups is 1. The van der Waals surface area contributed by atoms with Crippen molar-refractivity contribution in [1.82, 2.24) is 5.48 Å².